The number of fused-ring (bicyclic) bond motifs is 2. The lowest BCUT2D eigenvalue weighted by Gasteiger charge is -2.25. The lowest BCUT2D eigenvalue weighted by Crippen LogP contribution is -2.34. The zero-order valence-corrected chi connectivity index (χ0v) is 39.2. The predicted octanol–water partition coefficient (Wildman–Crippen LogP) is 10.8. The number of carbonyl (C=O) groups excluding carboxylic acids is 2. The van der Waals surface area contributed by atoms with Crippen LogP contribution in [0.3, 0.4) is 0 Å². The summed E-state index contributed by atoms with van der Waals surface area (Å²) in [5, 5.41) is 26.5. The molecule has 0 unspecified atom stereocenters. The molecule has 0 fully saturated rings. The van der Waals surface area contributed by atoms with Crippen LogP contribution in [0.1, 0.15) is 61.3 Å². The Kier molecular flexibility index (Phi) is 15.0. The van der Waals surface area contributed by atoms with Crippen molar-refractivity contribution in [2.24, 2.45) is 0 Å². The van der Waals surface area contributed by atoms with E-state index in [2.05, 4.69) is 21.2 Å². The number of benzene rings is 4. The number of nitrogens with zero attached hydrogens (tertiary/aromatic N) is 6. The average molecular weight is 977 g/mol. The summed E-state index contributed by atoms with van der Waals surface area (Å²) >= 11 is 3.12. The first-order valence-corrected chi connectivity index (χ1v) is 21.2. The van der Waals surface area contributed by atoms with Crippen LogP contribution in [0.15, 0.2) is 99.3 Å². The van der Waals surface area contributed by atoms with E-state index < -0.39 is 56.0 Å². The van der Waals surface area contributed by atoms with Gasteiger partial charge >= 0.3 is 12.2 Å². The molecule has 17 nitrogen and oxygen atoms in total. The third-order valence-corrected chi connectivity index (χ3v) is 10.3. The number of anilines is 3. The van der Waals surface area contributed by atoms with Gasteiger partial charge in [-0.05, 0) is 135 Å². The quantitative estimate of drug-likeness (QED) is 0.0777. The van der Waals surface area contributed by atoms with Gasteiger partial charge < -0.3 is 14.8 Å². The van der Waals surface area contributed by atoms with Crippen LogP contribution in [0.5, 0.6) is 0 Å². The first-order valence-electron chi connectivity index (χ1n) is 20.4. The van der Waals surface area contributed by atoms with E-state index in [4.69, 9.17) is 9.47 Å². The maximum Gasteiger partial charge on any atom is 0.414 e. The number of nitrogens with one attached hydrogen (secondary N) is 1. The van der Waals surface area contributed by atoms with Crippen LogP contribution in [0.4, 0.5) is 46.8 Å². The fourth-order valence-corrected chi connectivity index (χ4v) is 6.96. The SMILES string of the molecule is CCCCNc1cc(-n2ccc3cc(N(C)C(=O)OC(C)(C)C)c(F)cc3c2=O)ccc1[N+](=O)[O-].CN(C(=O)OC(C)(C)C)c1cc2ccn(-c3ccc([N+](=O)[O-])c(Br)c3)c(=O)c2cc1F. The molecule has 1 N–H and O–H groups in total. The summed E-state index contributed by atoms with van der Waals surface area (Å²) in [7, 11) is 2.78. The minimum atomic E-state index is -0.763. The van der Waals surface area contributed by atoms with Crippen LogP contribution in [-0.2, 0) is 9.47 Å². The van der Waals surface area contributed by atoms with Crippen molar-refractivity contribution in [2.75, 3.05) is 35.8 Å². The zero-order valence-electron chi connectivity index (χ0n) is 37.6. The number of nitro benzene ring substituents is 2. The maximum atomic E-state index is 15.0. The molecule has 0 saturated carbocycles. The normalized spacial score (nSPS) is 11.4. The molecule has 4 aromatic carbocycles. The molecule has 0 aliphatic heterocycles. The highest BCUT2D eigenvalue weighted by molar-refractivity contribution is 9.10. The highest BCUT2D eigenvalue weighted by Gasteiger charge is 2.25. The van der Waals surface area contributed by atoms with Crippen LogP contribution in [-0.4, -0.2) is 63.0 Å². The predicted molar refractivity (Wildman–Crippen MR) is 253 cm³/mol. The first-order chi connectivity index (χ1) is 30.8. The molecule has 348 valence electrons. The highest BCUT2D eigenvalue weighted by atomic mass is 79.9. The number of hydrogen-bond acceptors (Lipinski definition) is 11. The van der Waals surface area contributed by atoms with Gasteiger partial charge in [-0.2, -0.15) is 0 Å². The van der Waals surface area contributed by atoms with Crippen LogP contribution < -0.4 is 26.2 Å². The van der Waals surface area contributed by atoms with E-state index in [1.54, 1.807) is 53.7 Å². The van der Waals surface area contributed by atoms with Gasteiger partial charge in [-0.3, -0.25) is 48.8 Å². The summed E-state index contributed by atoms with van der Waals surface area (Å²) in [4.78, 5) is 74.3. The molecule has 6 rings (SSSR count). The van der Waals surface area contributed by atoms with Gasteiger partial charge in [0.05, 0.1) is 47.8 Å². The Morgan fingerprint density at radius 3 is 1.52 bits per heavy atom. The van der Waals surface area contributed by atoms with Crippen molar-refractivity contribution in [3.63, 3.8) is 0 Å². The summed E-state index contributed by atoms with van der Waals surface area (Å²) in [5.74, 6) is -1.52. The Morgan fingerprint density at radius 1 is 0.697 bits per heavy atom. The topological polar surface area (TPSA) is 201 Å². The number of rotatable bonds is 10. The van der Waals surface area contributed by atoms with Gasteiger partial charge in [0.25, 0.3) is 22.5 Å². The van der Waals surface area contributed by atoms with E-state index in [0.29, 0.717) is 34.4 Å². The molecule has 2 heterocycles. The van der Waals surface area contributed by atoms with E-state index in [0.717, 1.165) is 34.8 Å². The molecule has 2 aromatic heterocycles. The van der Waals surface area contributed by atoms with Crippen molar-refractivity contribution in [2.45, 2.75) is 72.5 Å². The monoisotopic (exact) mass is 975 g/mol. The van der Waals surface area contributed by atoms with E-state index in [9.17, 15) is 48.2 Å². The third kappa shape index (κ3) is 11.5. The number of carbonyl (C=O) groups is 2. The van der Waals surface area contributed by atoms with E-state index in [-0.39, 0.29) is 38.0 Å². The number of ether oxygens (including phenoxy) is 2. The molecule has 20 heteroatoms. The van der Waals surface area contributed by atoms with E-state index in [1.807, 2.05) is 6.92 Å². The minimum Gasteiger partial charge on any atom is -0.443 e. The van der Waals surface area contributed by atoms with Crippen molar-refractivity contribution >= 4 is 78.1 Å². The molecule has 0 atom stereocenters. The second kappa shape index (κ2) is 19.9. The number of nitro groups is 2. The number of pyridine rings is 2. The molecule has 0 spiro atoms. The van der Waals surface area contributed by atoms with Gasteiger partial charge in [0.1, 0.15) is 28.5 Å². The Hall–Kier alpha value is -7.22. The van der Waals surface area contributed by atoms with Gasteiger partial charge in [-0.1, -0.05) is 13.3 Å². The fourth-order valence-electron chi connectivity index (χ4n) is 6.45. The van der Waals surface area contributed by atoms with Crippen molar-refractivity contribution in [3.8, 4) is 11.4 Å². The van der Waals surface area contributed by atoms with Crippen molar-refractivity contribution in [1.82, 2.24) is 9.13 Å². The summed E-state index contributed by atoms with van der Waals surface area (Å²) < 4.78 is 43.1. The molecule has 0 saturated heterocycles. The van der Waals surface area contributed by atoms with Crippen molar-refractivity contribution in [3.05, 3.63) is 142 Å². The van der Waals surface area contributed by atoms with Gasteiger partial charge in [0, 0.05) is 45.2 Å². The Labute approximate surface area is 385 Å². The molecular formula is C46H48BrF2N7O10. The average Bonchev–Trinajstić information content (AvgIpc) is 3.22. The van der Waals surface area contributed by atoms with Gasteiger partial charge in [-0.15, -0.1) is 0 Å². The highest BCUT2D eigenvalue weighted by Crippen LogP contribution is 2.31. The second-order valence-corrected chi connectivity index (χ2v) is 17.8. The Bertz CT molecular complexity index is 3000. The number of amides is 2. The molecule has 2 amide bonds. The first kappa shape index (κ1) is 49.8. The largest absolute Gasteiger partial charge is 0.443 e. The Morgan fingerprint density at radius 2 is 1.12 bits per heavy atom. The minimum absolute atomic E-state index is 0.0263. The molecule has 6 aromatic rings. The molecule has 0 bridgehead atoms. The lowest BCUT2D eigenvalue weighted by molar-refractivity contribution is -0.385. The second-order valence-electron chi connectivity index (χ2n) is 17.0. The van der Waals surface area contributed by atoms with Crippen molar-refractivity contribution in [1.29, 1.82) is 0 Å². The number of hydrogen-bond donors (Lipinski definition) is 1. The lowest BCUT2D eigenvalue weighted by atomic mass is 10.1. The zero-order chi connectivity index (χ0) is 49.0. The van der Waals surface area contributed by atoms with Crippen LogP contribution in [0, 0.1) is 31.9 Å². The molecule has 0 radical (unpaired) electrons. The number of unbranched alkanes of at least 4 members (excludes halogenated alkanes) is 1. The smallest absolute Gasteiger partial charge is 0.414 e. The van der Waals surface area contributed by atoms with Crippen LogP contribution >= 0.6 is 15.9 Å². The summed E-state index contributed by atoms with van der Waals surface area (Å²) in [5.41, 5.74) is -1.72. The molecule has 66 heavy (non-hydrogen) atoms. The Balaban J connectivity index is 0.000000249. The fraction of sp³-hybridized carbons (Fsp3) is 0.304. The van der Waals surface area contributed by atoms with E-state index in [1.165, 1.54) is 84.2 Å². The third-order valence-electron chi connectivity index (χ3n) is 9.71. The molecule has 0 aliphatic carbocycles. The van der Waals surface area contributed by atoms with Crippen molar-refractivity contribution < 1.29 is 37.7 Å². The maximum absolute atomic E-state index is 15.0. The van der Waals surface area contributed by atoms with Gasteiger partial charge in [0.2, 0.25) is 0 Å². The summed E-state index contributed by atoms with van der Waals surface area (Å²) in [6.07, 6.45) is 3.29. The van der Waals surface area contributed by atoms with E-state index >= 15 is 0 Å². The van der Waals surface area contributed by atoms with Crippen LogP contribution in [0.2, 0.25) is 0 Å². The van der Waals surface area contributed by atoms with Gasteiger partial charge in [0.15, 0.2) is 0 Å². The summed E-state index contributed by atoms with van der Waals surface area (Å²) in [6.45, 7) is 12.8. The molecule has 0 aliphatic rings. The summed E-state index contributed by atoms with van der Waals surface area (Å²) in [6, 6.07) is 16.6. The van der Waals surface area contributed by atoms with Gasteiger partial charge in [-0.25, -0.2) is 18.4 Å². The molecular weight excluding hydrogens is 928 g/mol. The number of aromatic nitrogens is 2. The van der Waals surface area contributed by atoms with Crippen LogP contribution in [0.25, 0.3) is 32.9 Å². The standard InChI is InChI=1S/C25H29FN4O5.C21H19BrFN3O5/c1-6-7-11-27-20-14-17(8-9-21(20)30(33)34)29-12-10-16-13-22(19(26)15-18(16)23(29)31)28(5)24(32)35-25(2,3)4;1-21(2,3)31-20(28)24(4)18-9-12-7-8-25(19(27)14(12)11-16(18)23)13-5-6-17(26(29)30)15(22)10-13/h8-10,12-15,27H,6-7,11H2,1-5H3;5-11H,1-4H3. The number of halogens is 3.